The summed E-state index contributed by atoms with van der Waals surface area (Å²) in [5.74, 6) is -0.311. The minimum atomic E-state index is -0.532. The molecule has 120 valence electrons. The summed E-state index contributed by atoms with van der Waals surface area (Å²) in [6.45, 7) is 4.26. The van der Waals surface area contributed by atoms with E-state index in [2.05, 4.69) is 25.2 Å². The fraction of sp³-hybridized carbons (Fsp3) is 0.500. The van der Waals surface area contributed by atoms with Crippen molar-refractivity contribution in [1.29, 1.82) is 0 Å². The molecule has 0 bridgehead atoms. The zero-order valence-corrected chi connectivity index (χ0v) is 13.4. The van der Waals surface area contributed by atoms with E-state index in [0.29, 0.717) is 18.8 Å². The summed E-state index contributed by atoms with van der Waals surface area (Å²) in [6.07, 6.45) is 2.51. The largest absolute Gasteiger partial charge is 0.317 e. The summed E-state index contributed by atoms with van der Waals surface area (Å²) in [7, 11) is 0. The normalized spacial score (nSPS) is 25.1. The van der Waals surface area contributed by atoms with Crippen molar-refractivity contribution in [2.75, 3.05) is 0 Å². The Morgan fingerprint density at radius 2 is 1.96 bits per heavy atom. The van der Waals surface area contributed by atoms with Crippen molar-refractivity contribution >= 4 is 17.7 Å². The van der Waals surface area contributed by atoms with Gasteiger partial charge >= 0.3 is 0 Å². The number of nitrogens with one attached hydrogen (secondary N) is 1. The number of fused-ring (bicyclic) bond motifs is 2. The van der Waals surface area contributed by atoms with E-state index >= 15 is 0 Å². The smallest absolute Gasteiger partial charge is 0.255 e. The Kier molecular flexibility index (Phi) is 2.92. The van der Waals surface area contributed by atoms with Gasteiger partial charge in [-0.3, -0.25) is 19.7 Å². The highest BCUT2D eigenvalue weighted by atomic mass is 16.2. The lowest BCUT2D eigenvalue weighted by Crippen LogP contribution is -2.55. The number of carbonyl (C=O) groups excluding carboxylic acids is 3. The van der Waals surface area contributed by atoms with E-state index in [4.69, 9.17) is 0 Å². The molecule has 1 aromatic carbocycles. The fourth-order valence-electron chi connectivity index (χ4n) is 4.17. The van der Waals surface area contributed by atoms with Crippen molar-refractivity contribution in [2.45, 2.75) is 57.0 Å². The van der Waals surface area contributed by atoms with Crippen LogP contribution in [0.15, 0.2) is 18.2 Å². The van der Waals surface area contributed by atoms with Crippen molar-refractivity contribution in [3.8, 4) is 0 Å². The molecule has 0 radical (unpaired) electrons. The molecule has 23 heavy (non-hydrogen) atoms. The van der Waals surface area contributed by atoms with Gasteiger partial charge in [-0.1, -0.05) is 26.0 Å². The summed E-state index contributed by atoms with van der Waals surface area (Å²) in [5, 5.41) is 2.38. The molecule has 0 aromatic heterocycles. The Bertz CT molecular complexity index is 734. The van der Waals surface area contributed by atoms with Crippen molar-refractivity contribution in [3.63, 3.8) is 0 Å². The van der Waals surface area contributed by atoms with E-state index in [-0.39, 0.29) is 23.3 Å². The first-order chi connectivity index (χ1) is 11.0. The molecule has 3 aliphatic rings. The molecule has 1 N–H and O–H groups in total. The van der Waals surface area contributed by atoms with Gasteiger partial charge in [0.25, 0.3) is 5.91 Å². The molecular formula is C18H20N2O3. The third-order valence-corrected chi connectivity index (χ3v) is 5.34. The molecule has 1 aromatic rings. The number of rotatable bonds is 2. The highest BCUT2D eigenvalue weighted by Crippen LogP contribution is 2.59. The van der Waals surface area contributed by atoms with Gasteiger partial charge < -0.3 is 4.90 Å². The number of hydrogen-bond acceptors (Lipinski definition) is 3. The van der Waals surface area contributed by atoms with Gasteiger partial charge in [0.2, 0.25) is 11.8 Å². The number of amides is 3. The van der Waals surface area contributed by atoms with Gasteiger partial charge in [0.05, 0.1) is 5.54 Å². The van der Waals surface area contributed by atoms with E-state index in [9.17, 15) is 14.4 Å². The first kappa shape index (κ1) is 14.4. The number of imide groups is 1. The molecule has 1 saturated carbocycles. The lowest BCUT2D eigenvalue weighted by atomic mass is 9.89. The topological polar surface area (TPSA) is 66.5 Å². The average Bonchev–Trinajstić information content (AvgIpc) is 3.25. The monoisotopic (exact) mass is 312 g/mol. The molecule has 1 unspecified atom stereocenters. The zero-order valence-electron chi connectivity index (χ0n) is 13.4. The third-order valence-electron chi connectivity index (χ3n) is 5.34. The maximum Gasteiger partial charge on any atom is 0.255 e. The van der Waals surface area contributed by atoms with Crippen LogP contribution in [0.3, 0.4) is 0 Å². The molecule has 5 heteroatoms. The van der Waals surface area contributed by atoms with E-state index in [0.717, 1.165) is 24.0 Å². The maximum atomic E-state index is 13.0. The van der Waals surface area contributed by atoms with Crippen LogP contribution in [-0.4, -0.2) is 28.7 Å². The van der Waals surface area contributed by atoms with Gasteiger partial charge in [0.15, 0.2) is 0 Å². The second-order valence-electron chi connectivity index (χ2n) is 7.10. The Hall–Kier alpha value is -2.17. The molecule has 3 amide bonds. The molecular weight excluding hydrogens is 292 g/mol. The van der Waals surface area contributed by atoms with Crippen LogP contribution in [-0.2, 0) is 15.1 Å². The van der Waals surface area contributed by atoms with E-state index in [1.54, 1.807) is 4.90 Å². The van der Waals surface area contributed by atoms with Crippen LogP contribution < -0.4 is 5.32 Å². The van der Waals surface area contributed by atoms with Gasteiger partial charge in [0.1, 0.15) is 6.04 Å². The first-order valence-electron chi connectivity index (χ1n) is 8.26. The molecule has 1 atom stereocenters. The Morgan fingerprint density at radius 3 is 2.57 bits per heavy atom. The molecule has 2 fully saturated rings. The lowest BCUT2D eigenvalue weighted by Gasteiger charge is -2.35. The van der Waals surface area contributed by atoms with Crippen LogP contribution in [0.2, 0.25) is 0 Å². The predicted octanol–water partition coefficient (Wildman–Crippen LogP) is 2.06. The van der Waals surface area contributed by atoms with Crippen LogP contribution in [0, 0.1) is 0 Å². The molecule has 2 aliphatic heterocycles. The summed E-state index contributed by atoms with van der Waals surface area (Å²) in [5.41, 5.74) is 2.72. The van der Waals surface area contributed by atoms with Crippen molar-refractivity contribution in [1.82, 2.24) is 10.2 Å². The Balaban J connectivity index is 1.80. The van der Waals surface area contributed by atoms with Crippen molar-refractivity contribution in [3.05, 3.63) is 34.9 Å². The molecule has 5 nitrogen and oxygen atoms in total. The van der Waals surface area contributed by atoms with Crippen LogP contribution in [0.4, 0.5) is 0 Å². The van der Waals surface area contributed by atoms with Gasteiger partial charge in [-0.2, -0.15) is 0 Å². The average molecular weight is 312 g/mol. The van der Waals surface area contributed by atoms with Crippen LogP contribution in [0.5, 0.6) is 0 Å². The Morgan fingerprint density at radius 1 is 1.22 bits per heavy atom. The van der Waals surface area contributed by atoms with E-state index in [1.165, 1.54) is 5.56 Å². The maximum absolute atomic E-state index is 13.0. The van der Waals surface area contributed by atoms with Gasteiger partial charge in [0, 0.05) is 12.0 Å². The van der Waals surface area contributed by atoms with E-state index in [1.807, 2.05) is 12.1 Å². The third kappa shape index (κ3) is 1.89. The highest BCUT2D eigenvalue weighted by Gasteiger charge is 2.61. The predicted molar refractivity (Wildman–Crippen MR) is 83.8 cm³/mol. The van der Waals surface area contributed by atoms with Gasteiger partial charge in [-0.15, -0.1) is 0 Å². The summed E-state index contributed by atoms with van der Waals surface area (Å²) in [6, 6.07) is 5.35. The highest BCUT2D eigenvalue weighted by molar-refractivity contribution is 6.07. The van der Waals surface area contributed by atoms with Crippen LogP contribution >= 0.6 is 0 Å². The summed E-state index contributed by atoms with van der Waals surface area (Å²) in [4.78, 5) is 38.5. The van der Waals surface area contributed by atoms with E-state index < -0.39 is 6.04 Å². The first-order valence-corrected chi connectivity index (χ1v) is 8.26. The molecule has 1 saturated heterocycles. The number of benzene rings is 1. The number of nitrogens with zero attached hydrogens (tertiary/aromatic N) is 1. The fourth-order valence-corrected chi connectivity index (χ4v) is 4.17. The number of carbonyl (C=O) groups is 3. The molecule has 2 heterocycles. The van der Waals surface area contributed by atoms with Gasteiger partial charge in [-0.05, 0) is 42.4 Å². The summed E-state index contributed by atoms with van der Waals surface area (Å²) < 4.78 is 0. The number of hydrogen-bond donors (Lipinski definition) is 1. The molecule has 4 rings (SSSR count). The second kappa shape index (κ2) is 4.66. The summed E-state index contributed by atoms with van der Waals surface area (Å²) >= 11 is 0. The van der Waals surface area contributed by atoms with Crippen molar-refractivity contribution < 1.29 is 14.4 Å². The minimum Gasteiger partial charge on any atom is -0.317 e. The van der Waals surface area contributed by atoms with Crippen LogP contribution in [0.25, 0.3) is 0 Å². The van der Waals surface area contributed by atoms with Crippen LogP contribution in [0.1, 0.15) is 66.9 Å². The Labute approximate surface area is 135 Å². The molecule has 1 aliphatic carbocycles. The second-order valence-corrected chi connectivity index (χ2v) is 7.10. The molecule has 1 spiro atoms. The lowest BCUT2D eigenvalue weighted by molar-refractivity contribution is -0.137. The standard InChI is InChI=1S/C18H20N2O3/c1-10(2)11-4-3-5-12-15(11)18(8-9-18)20(17(12)23)13-6-7-14(21)19-16(13)22/h3-5,10,13H,6-9H2,1-2H3,(H,19,21,22). The quantitative estimate of drug-likeness (QED) is 0.850. The zero-order chi connectivity index (χ0) is 16.4. The van der Waals surface area contributed by atoms with Crippen molar-refractivity contribution in [2.24, 2.45) is 0 Å². The minimum absolute atomic E-state index is 0.0606. The van der Waals surface area contributed by atoms with Gasteiger partial charge in [-0.25, -0.2) is 0 Å². The number of piperidine rings is 1. The SMILES string of the molecule is CC(C)c1cccc2c1C1(CC1)N(C1CCC(=O)NC1=O)C2=O.